The number of nitrogens with one attached hydrogen (secondary N) is 1. The summed E-state index contributed by atoms with van der Waals surface area (Å²) in [6, 6.07) is 9.16. The zero-order valence-corrected chi connectivity index (χ0v) is 14.4. The smallest absolute Gasteiger partial charge is 0.263 e. The highest BCUT2D eigenvalue weighted by molar-refractivity contribution is 5.95. The maximum absolute atomic E-state index is 12.1. The fourth-order valence-electron chi connectivity index (χ4n) is 2.81. The van der Waals surface area contributed by atoms with Crippen LogP contribution in [0.5, 0.6) is 5.75 Å². The van der Waals surface area contributed by atoms with E-state index < -0.39 is 0 Å². The van der Waals surface area contributed by atoms with E-state index in [1.807, 2.05) is 26.0 Å². The van der Waals surface area contributed by atoms with Gasteiger partial charge in [0.25, 0.3) is 5.91 Å². The van der Waals surface area contributed by atoms with E-state index in [0.29, 0.717) is 18.0 Å². The molecular weight excluding hydrogens is 320 g/mol. The molecule has 7 nitrogen and oxygen atoms in total. The molecule has 1 aliphatic rings. The van der Waals surface area contributed by atoms with Crippen LogP contribution in [0.3, 0.4) is 0 Å². The van der Waals surface area contributed by atoms with E-state index in [2.05, 4.69) is 10.4 Å². The molecule has 1 fully saturated rings. The Morgan fingerprint density at radius 3 is 2.92 bits per heavy atom. The number of aromatic nitrogens is 2. The Bertz CT molecular complexity index is 769. The second-order valence-electron chi connectivity index (χ2n) is 6.24. The molecule has 0 unspecified atom stereocenters. The quantitative estimate of drug-likeness (QED) is 0.875. The van der Waals surface area contributed by atoms with E-state index in [4.69, 9.17) is 4.74 Å². The molecule has 7 heteroatoms. The van der Waals surface area contributed by atoms with Crippen LogP contribution in [0.25, 0.3) is 0 Å². The minimum atomic E-state index is -0.259. The van der Waals surface area contributed by atoms with Crippen molar-refractivity contribution in [2.75, 3.05) is 23.4 Å². The van der Waals surface area contributed by atoms with Crippen molar-refractivity contribution in [2.24, 2.45) is 0 Å². The highest BCUT2D eigenvalue weighted by Crippen LogP contribution is 2.25. The van der Waals surface area contributed by atoms with Gasteiger partial charge < -0.3 is 15.0 Å². The van der Waals surface area contributed by atoms with E-state index in [0.717, 1.165) is 18.7 Å². The number of amides is 2. The lowest BCUT2D eigenvalue weighted by Crippen LogP contribution is -2.24. The first-order valence-corrected chi connectivity index (χ1v) is 8.41. The lowest BCUT2D eigenvalue weighted by molar-refractivity contribution is -0.118. The summed E-state index contributed by atoms with van der Waals surface area (Å²) in [6.45, 7) is 4.59. The van der Waals surface area contributed by atoms with Crippen LogP contribution in [-0.2, 0) is 9.59 Å². The molecule has 1 aromatic heterocycles. The molecule has 1 aromatic carbocycles. The van der Waals surface area contributed by atoms with Gasteiger partial charge in [-0.1, -0.05) is 6.07 Å². The van der Waals surface area contributed by atoms with Crippen LogP contribution in [0.4, 0.5) is 11.5 Å². The van der Waals surface area contributed by atoms with Gasteiger partial charge >= 0.3 is 0 Å². The standard InChI is InChI=1S/C18H22N4O3/c1-13(2)22-16(8-9-19-22)20-17(23)12-25-15-6-3-5-14(11-15)21-10-4-7-18(21)24/h3,5-6,8-9,11,13H,4,7,10,12H2,1-2H3,(H,20,23). The van der Waals surface area contributed by atoms with Crippen molar-refractivity contribution in [2.45, 2.75) is 32.7 Å². The van der Waals surface area contributed by atoms with Gasteiger partial charge in [0.1, 0.15) is 11.6 Å². The summed E-state index contributed by atoms with van der Waals surface area (Å²) in [5.41, 5.74) is 0.804. The molecule has 0 atom stereocenters. The number of anilines is 2. The molecule has 3 rings (SSSR count). The monoisotopic (exact) mass is 342 g/mol. The first-order chi connectivity index (χ1) is 12.0. The molecule has 2 amide bonds. The Balaban J connectivity index is 1.59. The highest BCUT2D eigenvalue weighted by Gasteiger charge is 2.21. The first-order valence-electron chi connectivity index (χ1n) is 8.41. The van der Waals surface area contributed by atoms with Crippen LogP contribution in [0.1, 0.15) is 32.7 Å². The van der Waals surface area contributed by atoms with Gasteiger partial charge in [-0.05, 0) is 32.4 Å². The maximum atomic E-state index is 12.1. The van der Waals surface area contributed by atoms with Gasteiger partial charge in [-0.2, -0.15) is 5.10 Å². The van der Waals surface area contributed by atoms with Crippen molar-refractivity contribution in [3.8, 4) is 5.75 Å². The number of carbonyl (C=O) groups excluding carboxylic acids is 2. The van der Waals surface area contributed by atoms with E-state index >= 15 is 0 Å². The minimum Gasteiger partial charge on any atom is -0.484 e. The number of rotatable bonds is 6. The first kappa shape index (κ1) is 17.0. The van der Waals surface area contributed by atoms with Crippen LogP contribution in [0.15, 0.2) is 36.5 Å². The second-order valence-corrected chi connectivity index (χ2v) is 6.24. The van der Waals surface area contributed by atoms with Crippen LogP contribution >= 0.6 is 0 Å². The number of hydrogen-bond donors (Lipinski definition) is 1. The van der Waals surface area contributed by atoms with Crippen molar-refractivity contribution >= 4 is 23.3 Å². The van der Waals surface area contributed by atoms with Crippen LogP contribution in [-0.4, -0.2) is 34.7 Å². The Hall–Kier alpha value is -2.83. The van der Waals surface area contributed by atoms with Crippen molar-refractivity contribution in [3.05, 3.63) is 36.5 Å². The summed E-state index contributed by atoms with van der Waals surface area (Å²) in [5, 5.41) is 6.96. The number of carbonyl (C=O) groups is 2. The lowest BCUT2D eigenvalue weighted by atomic mass is 10.3. The lowest BCUT2D eigenvalue weighted by Gasteiger charge is -2.17. The topological polar surface area (TPSA) is 76.5 Å². The molecule has 132 valence electrons. The van der Waals surface area contributed by atoms with E-state index in [1.54, 1.807) is 34.0 Å². The van der Waals surface area contributed by atoms with E-state index in [1.165, 1.54) is 0 Å². The molecule has 1 N–H and O–H groups in total. The predicted molar refractivity (Wildman–Crippen MR) is 94.8 cm³/mol. The summed E-state index contributed by atoms with van der Waals surface area (Å²) in [7, 11) is 0. The SMILES string of the molecule is CC(C)n1nccc1NC(=O)COc1cccc(N2CCCC2=O)c1. The van der Waals surface area contributed by atoms with Gasteiger partial charge in [-0.25, -0.2) is 4.68 Å². The van der Waals surface area contributed by atoms with E-state index in [9.17, 15) is 9.59 Å². The number of ether oxygens (including phenoxy) is 1. The van der Waals surface area contributed by atoms with Gasteiger partial charge in [0.05, 0.1) is 6.20 Å². The Morgan fingerprint density at radius 1 is 1.36 bits per heavy atom. The van der Waals surface area contributed by atoms with Gasteiger partial charge in [-0.15, -0.1) is 0 Å². The fourth-order valence-corrected chi connectivity index (χ4v) is 2.81. The van der Waals surface area contributed by atoms with Gasteiger partial charge in [-0.3, -0.25) is 9.59 Å². The van der Waals surface area contributed by atoms with Crippen molar-refractivity contribution < 1.29 is 14.3 Å². The molecule has 25 heavy (non-hydrogen) atoms. The highest BCUT2D eigenvalue weighted by atomic mass is 16.5. The van der Waals surface area contributed by atoms with Gasteiger partial charge in [0, 0.05) is 36.8 Å². The Labute approximate surface area is 146 Å². The average Bonchev–Trinajstić information content (AvgIpc) is 3.22. The molecular formula is C18H22N4O3. The molecule has 2 heterocycles. The molecule has 0 bridgehead atoms. The van der Waals surface area contributed by atoms with Crippen molar-refractivity contribution in [3.63, 3.8) is 0 Å². The summed E-state index contributed by atoms with van der Waals surface area (Å²) < 4.78 is 7.31. The fraction of sp³-hybridized carbons (Fsp3) is 0.389. The zero-order valence-electron chi connectivity index (χ0n) is 14.4. The molecule has 0 saturated carbocycles. The maximum Gasteiger partial charge on any atom is 0.263 e. The number of hydrogen-bond acceptors (Lipinski definition) is 4. The summed E-state index contributed by atoms with van der Waals surface area (Å²) in [5.74, 6) is 1.06. The average molecular weight is 342 g/mol. The molecule has 1 aliphatic heterocycles. The third-order valence-electron chi connectivity index (χ3n) is 4.00. The molecule has 0 aliphatic carbocycles. The van der Waals surface area contributed by atoms with Crippen molar-refractivity contribution in [1.29, 1.82) is 0 Å². The molecule has 1 saturated heterocycles. The summed E-state index contributed by atoms with van der Waals surface area (Å²) >= 11 is 0. The molecule has 0 spiro atoms. The number of benzene rings is 1. The summed E-state index contributed by atoms with van der Waals surface area (Å²) in [6.07, 6.45) is 3.10. The molecule has 2 aromatic rings. The number of nitrogens with zero attached hydrogens (tertiary/aromatic N) is 3. The third-order valence-corrected chi connectivity index (χ3v) is 4.00. The summed E-state index contributed by atoms with van der Waals surface area (Å²) in [4.78, 5) is 25.7. The van der Waals surface area contributed by atoms with Crippen LogP contribution in [0.2, 0.25) is 0 Å². The molecule has 0 radical (unpaired) electrons. The van der Waals surface area contributed by atoms with E-state index in [-0.39, 0.29) is 24.5 Å². The Kier molecular flexibility index (Phi) is 5.02. The predicted octanol–water partition coefficient (Wildman–Crippen LogP) is 2.61. The van der Waals surface area contributed by atoms with Gasteiger partial charge in [0.15, 0.2) is 6.61 Å². The second kappa shape index (κ2) is 7.38. The van der Waals surface area contributed by atoms with Crippen LogP contribution in [0, 0.1) is 0 Å². The minimum absolute atomic E-state index is 0.110. The largest absolute Gasteiger partial charge is 0.484 e. The third kappa shape index (κ3) is 3.99. The van der Waals surface area contributed by atoms with Gasteiger partial charge in [0.2, 0.25) is 5.91 Å². The Morgan fingerprint density at radius 2 is 2.20 bits per heavy atom. The van der Waals surface area contributed by atoms with Crippen LogP contribution < -0.4 is 15.0 Å². The van der Waals surface area contributed by atoms with Crippen molar-refractivity contribution in [1.82, 2.24) is 9.78 Å². The normalized spacial score (nSPS) is 14.2. The zero-order chi connectivity index (χ0) is 17.8.